The van der Waals surface area contributed by atoms with E-state index in [4.69, 9.17) is 4.74 Å². The van der Waals surface area contributed by atoms with E-state index in [1.165, 1.54) is 30.5 Å². The van der Waals surface area contributed by atoms with Crippen molar-refractivity contribution in [1.82, 2.24) is 4.72 Å². The highest BCUT2D eigenvalue weighted by Crippen LogP contribution is 2.37. The van der Waals surface area contributed by atoms with Gasteiger partial charge in [-0.25, -0.2) is 4.72 Å². The molecule has 0 heterocycles. The van der Waals surface area contributed by atoms with Crippen LogP contribution < -0.4 is 4.72 Å². The van der Waals surface area contributed by atoms with Crippen LogP contribution in [-0.4, -0.2) is 32.6 Å². The average molecular weight is 397 g/mol. The summed E-state index contributed by atoms with van der Waals surface area (Å²) < 4.78 is 32.6. The van der Waals surface area contributed by atoms with Crippen molar-refractivity contribution in [2.45, 2.75) is 45.1 Å². The van der Waals surface area contributed by atoms with Gasteiger partial charge in [-0.1, -0.05) is 26.0 Å². The van der Waals surface area contributed by atoms with Crippen LogP contribution in [0.1, 0.15) is 34.1 Å². The van der Waals surface area contributed by atoms with Crippen molar-refractivity contribution in [2.24, 2.45) is 5.41 Å². The highest BCUT2D eigenvalue weighted by atomic mass is 32.3. The first kappa shape index (κ1) is 21.3. The van der Waals surface area contributed by atoms with Gasteiger partial charge in [0.1, 0.15) is 12.4 Å². The molecule has 2 N–H and O–H groups in total. The van der Waals surface area contributed by atoms with Crippen LogP contribution in [-0.2, 0) is 14.3 Å². The fourth-order valence-corrected chi connectivity index (χ4v) is 5.14. The van der Waals surface area contributed by atoms with Crippen LogP contribution in [0.3, 0.4) is 0 Å². The Morgan fingerprint density at radius 2 is 1.96 bits per heavy atom. The van der Waals surface area contributed by atoms with Gasteiger partial charge in [0.15, 0.2) is 0 Å². The molecule has 1 unspecified atom stereocenters. The van der Waals surface area contributed by atoms with Gasteiger partial charge in [0.25, 0.3) is 5.69 Å². The Morgan fingerprint density at radius 1 is 1.37 bits per heavy atom. The van der Waals surface area contributed by atoms with E-state index < -0.39 is 20.5 Å². The molecule has 0 aromatic heterocycles. The fraction of sp³-hybridized carbons (Fsp3) is 0.474. The second-order valence-electron chi connectivity index (χ2n) is 7.87. The van der Waals surface area contributed by atoms with Crippen LogP contribution in [0, 0.1) is 15.5 Å². The molecule has 27 heavy (non-hydrogen) atoms. The van der Waals surface area contributed by atoms with E-state index in [-0.39, 0.29) is 22.6 Å². The number of allylic oxidation sites excluding steroid dienone is 4. The largest absolute Gasteiger partial charge is 0.495 e. The molecule has 0 radical (unpaired) electrons. The van der Waals surface area contributed by atoms with Crippen LogP contribution >= 0.6 is 0 Å². The zero-order valence-corrected chi connectivity index (χ0v) is 17.2. The normalized spacial score (nSPS) is 19.3. The first-order chi connectivity index (χ1) is 12.3. The highest BCUT2D eigenvalue weighted by molar-refractivity contribution is 8.12. The zero-order chi connectivity index (χ0) is 20.5. The second-order valence-corrected chi connectivity index (χ2v) is 11.1. The monoisotopic (exact) mass is 396 g/mol. The Hall–Kier alpha value is -2.03. The smallest absolute Gasteiger partial charge is 0.269 e. The summed E-state index contributed by atoms with van der Waals surface area (Å²) in [5.41, 5.74) is 0.795. The standard InChI is InChI=1S/C19H28N2O5S/c1-14-7-6-12-19(3,4)18(14)26-13-15(2)20-27(5,24,25)17-10-8-16(9-11-17)21(22)23/h6-11,15H,12-13H2,1-5H3,(H2,20,24,25). The number of ether oxygens (including phenoxy) is 1. The molecule has 1 aliphatic rings. The first-order valence-corrected chi connectivity index (χ1v) is 11.1. The van der Waals surface area contributed by atoms with Gasteiger partial charge in [0, 0.05) is 23.8 Å². The molecule has 0 saturated carbocycles. The van der Waals surface area contributed by atoms with Crippen LogP contribution in [0.15, 0.2) is 52.6 Å². The van der Waals surface area contributed by atoms with E-state index >= 15 is 0 Å². The number of nitro groups is 1. The predicted octanol–water partition coefficient (Wildman–Crippen LogP) is 4.05. The Kier molecular flexibility index (Phi) is 5.66. The van der Waals surface area contributed by atoms with Gasteiger partial charge in [-0.15, -0.1) is 9.53 Å². The summed E-state index contributed by atoms with van der Waals surface area (Å²) in [6.45, 7) is 8.17. The molecule has 1 aromatic carbocycles. The molecule has 0 spiro atoms. The highest BCUT2D eigenvalue weighted by Gasteiger charge is 2.30. The number of nitrogens with zero attached hydrogens (tertiary/aromatic N) is 1. The maximum absolute atomic E-state index is 13.1. The van der Waals surface area contributed by atoms with Crippen molar-refractivity contribution in [3.63, 3.8) is 0 Å². The molecule has 2 rings (SSSR count). The first-order valence-electron chi connectivity index (χ1n) is 8.73. The van der Waals surface area contributed by atoms with E-state index in [1.54, 1.807) is 6.92 Å². The summed E-state index contributed by atoms with van der Waals surface area (Å²) in [6.07, 6.45) is 6.21. The maximum Gasteiger partial charge on any atom is 0.269 e. The third-order valence-electron chi connectivity index (χ3n) is 4.53. The van der Waals surface area contributed by atoms with E-state index in [0.29, 0.717) is 0 Å². The Labute approximate surface area is 160 Å². The molecule has 1 aromatic rings. The van der Waals surface area contributed by atoms with E-state index in [9.17, 15) is 18.9 Å². The molecule has 0 amide bonds. The summed E-state index contributed by atoms with van der Waals surface area (Å²) in [7, 11) is -4.38. The lowest BCUT2D eigenvalue weighted by molar-refractivity contribution is -0.384. The minimum Gasteiger partial charge on any atom is -0.495 e. The molecule has 8 heteroatoms. The maximum atomic E-state index is 13.1. The molecular formula is C19H28N2O5S. The van der Waals surface area contributed by atoms with Gasteiger partial charge in [-0.05, 0) is 38.0 Å². The number of benzene rings is 1. The predicted molar refractivity (Wildman–Crippen MR) is 107 cm³/mol. The lowest BCUT2D eigenvalue weighted by Crippen LogP contribution is -2.51. The molecule has 150 valence electrons. The number of nitro benzene ring substituents is 1. The van der Waals surface area contributed by atoms with Crippen LogP contribution in [0.5, 0.6) is 0 Å². The molecule has 1 atom stereocenters. The lowest BCUT2D eigenvalue weighted by Gasteiger charge is -2.42. The van der Waals surface area contributed by atoms with Gasteiger partial charge in [-0.2, -0.15) is 4.21 Å². The van der Waals surface area contributed by atoms with Crippen molar-refractivity contribution in [3.05, 3.63) is 57.9 Å². The molecule has 0 saturated heterocycles. The molecule has 1 aliphatic carbocycles. The second kappa shape index (κ2) is 7.18. The van der Waals surface area contributed by atoms with Crippen molar-refractivity contribution in [2.75, 3.05) is 12.9 Å². The van der Waals surface area contributed by atoms with E-state index in [0.717, 1.165) is 17.8 Å². The average Bonchev–Trinajstić information content (AvgIpc) is 2.52. The fourth-order valence-electron chi connectivity index (χ4n) is 3.21. The minimum atomic E-state index is -4.38. The number of non-ortho nitro benzene ring substituents is 1. The van der Waals surface area contributed by atoms with Gasteiger partial charge < -0.3 is 4.74 Å². The van der Waals surface area contributed by atoms with Crippen molar-refractivity contribution >= 4 is 15.2 Å². The molecule has 0 bridgehead atoms. The molecular weight excluding hydrogens is 368 g/mol. The van der Waals surface area contributed by atoms with Crippen molar-refractivity contribution in [1.29, 1.82) is 0 Å². The Bertz CT molecular complexity index is 849. The van der Waals surface area contributed by atoms with E-state index in [1.807, 2.05) is 13.0 Å². The summed E-state index contributed by atoms with van der Waals surface area (Å²) in [5.74, 6) is 0.881. The van der Waals surface area contributed by atoms with Crippen molar-refractivity contribution in [3.8, 4) is 0 Å². The SMILES string of the molecule is CC1=C(OCC(C)NS(C)(=O)(O)c2ccc([N+](=O)[O-])cc2)C(C)(C)CC=C1. The van der Waals surface area contributed by atoms with Gasteiger partial charge in [-0.3, -0.25) is 14.7 Å². The summed E-state index contributed by atoms with van der Waals surface area (Å²) >= 11 is 0. The van der Waals surface area contributed by atoms with Crippen molar-refractivity contribution < 1.29 is 18.4 Å². The Balaban J connectivity index is 2.11. The topological polar surface area (TPSA) is 102 Å². The van der Waals surface area contributed by atoms with Gasteiger partial charge in [0.2, 0.25) is 0 Å². The third kappa shape index (κ3) is 5.03. The molecule has 7 nitrogen and oxygen atoms in total. The minimum absolute atomic E-state index is 0.0979. The number of hydrogen-bond donors (Lipinski definition) is 2. The Morgan fingerprint density at radius 3 is 2.48 bits per heavy atom. The summed E-state index contributed by atoms with van der Waals surface area (Å²) in [6, 6.07) is 4.62. The third-order valence-corrected chi connectivity index (χ3v) is 6.87. The van der Waals surface area contributed by atoms with Gasteiger partial charge in [0.05, 0.1) is 15.9 Å². The molecule has 0 fully saturated rings. The number of nitrogens with one attached hydrogen (secondary N) is 1. The summed E-state index contributed by atoms with van der Waals surface area (Å²) in [5, 5.41) is 10.8. The quantitative estimate of drug-likeness (QED) is 0.535. The zero-order valence-electron chi connectivity index (χ0n) is 16.4. The van der Waals surface area contributed by atoms with E-state index in [2.05, 4.69) is 24.6 Å². The number of rotatable bonds is 7. The van der Waals surface area contributed by atoms with Crippen LogP contribution in [0.25, 0.3) is 0 Å². The lowest BCUT2D eigenvalue weighted by atomic mass is 9.81. The summed E-state index contributed by atoms with van der Waals surface area (Å²) in [4.78, 5) is 10.3. The number of hydrogen-bond acceptors (Lipinski definition) is 4. The molecule has 0 aliphatic heterocycles. The van der Waals surface area contributed by atoms with Gasteiger partial charge >= 0.3 is 0 Å². The van der Waals surface area contributed by atoms with Crippen LogP contribution in [0.4, 0.5) is 5.69 Å². The van der Waals surface area contributed by atoms with Crippen LogP contribution in [0.2, 0.25) is 0 Å².